The summed E-state index contributed by atoms with van der Waals surface area (Å²) in [5.41, 5.74) is 2.33. The minimum Gasteiger partial charge on any atom is -0.481 e. The van der Waals surface area contributed by atoms with E-state index >= 15 is 0 Å². The lowest BCUT2D eigenvalue weighted by Crippen LogP contribution is -2.25. The highest BCUT2D eigenvalue weighted by Gasteiger charge is 2.37. The maximum absolute atomic E-state index is 14.8. The number of esters is 1. The first-order chi connectivity index (χ1) is 12.0. The monoisotopic (exact) mass is 362 g/mol. The third-order valence-corrected chi connectivity index (χ3v) is 4.44. The maximum Gasteiger partial charge on any atom is 0.336 e. The average molecular weight is 363 g/mol. The lowest BCUT2D eigenvalue weighted by molar-refractivity contribution is -0.136. The molecule has 1 unspecified atom stereocenters. The van der Waals surface area contributed by atoms with Crippen molar-refractivity contribution in [2.45, 2.75) is 12.8 Å². The molecular formula is C18H16ClFN2O3. The van der Waals surface area contributed by atoms with Gasteiger partial charge in [-0.2, -0.15) is 0 Å². The van der Waals surface area contributed by atoms with Gasteiger partial charge >= 0.3 is 5.97 Å². The molecule has 25 heavy (non-hydrogen) atoms. The van der Waals surface area contributed by atoms with E-state index < -0.39 is 17.7 Å². The number of nitrogens with zero attached hydrogens (tertiary/aromatic N) is 1. The fraction of sp³-hybridized carbons (Fsp3) is 0.222. The number of nitrogens with one attached hydrogen (secondary N) is 1. The number of pyridine rings is 1. The van der Waals surface area contributed by atoms with Gasteiger partial charge in [-0.15, -0.1) is 0 Å². The molecule has 1 aromatic heterocycles. The van der Waals surface area contributed by atoms with Gasteiger partial charge in [0.2, 0.25) is 5.88 Å². The predicted molar refractivity (Wildman–Crippen MR) is 92.4 cm³/mol. The summed E-state index contributed by atoms with van der Waals surface area (Å²) in [7, 11) is 2.75. The molecule has 1 atom stereocenters. The van der Waals surface area contributed by atoms with Crippen molar-refractivity contribution >= 4 is 23.3 Å². The Kier molecular flexibility index (Phi) is 4.63. The lowest BCUT2D eigenvalue weighted by Gasteiger charge is -2.30. The summed E-state index contributed by atoms with van der Waals surface area (Å²) >= 11 is 5.96. The Balaban J connectivity index is 2.34. The van der Waals surface area contributed by atoms with E-state index in [-0.39, 0.29) is 16.2 Å². The molecular weight excluding hydrogens is 347 g/mol. The third-order valence-electron chi connectivity index (χ3n) is 4.15. The number of carbonyl (C=O) groups excluding carboxylic acids is 1. The molecule has 0 spiro atoms. The van der Waals surface area contributed by atoms with Gasteiger partial charge in [-0.25, -0.2) is 14.2 Å². The number of ether oxygens (including phenoxy) is 2. The van der Waals surface area contributed by atoms with Gasteiger partial charge in [0.05, 0.1) is 36.3 Å². The number of allylic oxidation sites excluding steroid dienone is 1. The number of halogens is 2. The molecule has 5 nitrogen and oxygen atoms in total. The molecule has 2 aromatic rings. The van der Waals surface area contributed by atoms with E-state index in [9.17, 15) is 9.18 Å². The van der Waals surface area contributed by atoms with E-state index in [1.807, 2.05) is 0 Å². The second-order valence-electron chi connectivity index (χ2n) is 5.51. The molecule has 0 amide bonds. The number of benzene rings is 1. The Morgan fingerprint density at radius 2 is 2.08 bits per heavy atom. The molecule has 0 saturated heterocycles. The van der Waals surface area contributed by atoms with Gasteiger partial charge in [0.1, 0.15) is 5.82 Å². The van der Waals surface area contributed by atoms with Crippen molar-refractivity contribution in [3.63, 3.8) is 0 Å². The van der Waals surface area contributed by atoms with Crippen LogP contribution in [0.15, 0.2) is 41.7 Å². The van der Waals surface area contributed by atoms with Crippen LogP contribution in [0.5, 0.6) is 5.88 Å². The predicted octanol–water partition coefficient (Wildman–Crippen LogP) is 3.89. The Labute approximate surface area is 149 Å². The van der Waals surface area contributed by atoms with E-state index in [0.29, 0.717) is 22.8 Å². The second-order valence-corrected chi connectivity index (χ2v) is 5.92. The quantitative estimate of drug-likeness (QED) is 0.839. The topological polar surface area (TPSA) is 60.5 Å². The summed E-state index contributed by atoms with van der Waals surface area (Å²) in [5.74, 6) is -1.62. The zero-order chi connectivity index (χ0) is 18.1. The standard InChI is InChI=1S/C18H16ClFN2O3/c1-9-13(18(23)25-3)14(10-5-4-6-11(19)16(10)20)15-12(22-9)7-8-21-17(15)24-2/h4-8,14,22H,1-3H3. The average Bonchev–Trinajstić information content (AvgIpc) is 2.61. The first-order valence-electron chi connectivity index (χ1n) is 7.52. The van der Waals surface area contributed by atoms with Crippen LogP contribution in [-0.2, 0) is 9.53 Å². The Bertz CT molecular complexity index is 883. The first kappa shape index (κ1) is 17.2. The summed E-state index contributed by atoms with van der Waals surface area (Å²) in [6.45, 7) is 1.73. The Hall–Kier alpha value is -2.60. The first-order valence-corrected chi connectivity index (χ1v) is 7.90. The number of hydrogen-bond donors (Lipinski definition) is 1. The maximum atomic E-state index is 14.8. The van der Waals surface area contributed by atoms with Crippen LogP contribution in [0, 0.1) is 5.82 Å². The molecule has 0 saturated carbocycles. The van der Waals surface area contributed by atoms with Crippen LogP contribution in [0.25, 0.3) is 0 Å². The van der Waals surface area contributed by atoms with Crippen LogP contribution in [0.3, 0.4) is 0 Å². The molecule has 7 heteroatoms. The lowest BCUT2D eigenvalue weighted by atomic mass is 9.81. The van der Waals surface area contributed by atoms with Gasteiger partial charge in [-0.05, 0) is 19.1 Å². The van der Waals surface area contributed by atoms with Crippen LogP contribution in [0.2, 0.25) is 5.02 Å². The van der Waals surface area contributed by atoms with Gasteiger partial charge in [0, 0.05) is 23.1 Å². The van der Waals surface area contributed by atoms with Crippen molar-refractivity contribution in [2.75, 3.05) is 19.5 Å². The number of methoxy groups -OCH3 is 2. The minimum absolute atomic E-state index is 0.0256. The highest BCUT2D eigenvalue weighted by Crippen LogP contribution is 2.46. The van der Waals surface area contributed by atoms with E-state index in [4.69, 9.17) is 21.1 Å². The minimum atomic E-state index is -0.758. The summed E-state index contributed by atoms with van der Waals surface area (Å²) in [5, 5.41) is 3.11. The normalized spacial score (nSPS) is 16.1. The molecule has 0 aliphatic carbocycles. The molecule has 1 aliphatic heterocycles. The van der Waals surface area contributed by atoms with Crippen molar-refractivity contribution < 1.29 is 18.7 Å². The van der Waals surface area contributed by atoms with Crippen molar-refractivity contribution in [1.82, 2.24) is 4.98 Å². The SMILES string of the molecule is COC(=O)C1=C(C)Nc2ccnc(OC)c2C1c1cccc(Cl)c1F. The molecule has 0 fully saturated rings. The summed E-state index contributed by atoms with van der Waals surface area (Å²) in [6, 6.07) is 6.42. The van der Waals surface area contributed by atoms with E-state index in [1.54, 1.807) is 31.3 Å². The number of hydrogen-bond acceptors (Lipinski definition) is 5. The van der Waals surface area contributed by atoms with E-state index in [2.05, 4.69) is 10.3 Å². The van der Waals surface area contributed by atoms with Crippen molar-refractivity contribution in [2.24, 2.45) is 0 Å². The number of carbonyl (C=O) groups is 1. The molecule has 1 aliphatic rings. The third kappa shape index (κ3) is 2.82. The van der Waals surface area contributed by atoms with E-state index in [1.165, 1.54) is 20.3 Å². The summed E-state index contributed by atoms with van der Waals surface area (Å²) in [6.07, 6.45) is 1.58. The van der Waals surface area contributed by atoms with Crippen molar-refractivity contribution in [3.05, 3.63) is 63.7 Å². The smallest absolute Gasteiger partial charge is 0.336 e. The van der Waals surface area contributed by atoms with Gasteiger partial charge in [0.25, 0.3) is 0 Å². The van der Waals surface area contributed by atoms with Gasteiger partial charge in [0.15, 0.2) is 0 Å². The van der Waals surface area contributed by atoms with Crippen LogP contribution >= 0.6 is 11.6 Å². The molecule has 0 bridgehead atoms. The van der Waals surface area contributed by atoms with Gasteiger partial charge in [-0.1, -0.05) is 23.7 Å². The van der Waals surface area contributed by atoms with Crippen LogP contribution in [-0.4, -0.2) is 25.2 Å². The fourth-order valence-corrected chi connectivity index (χ4v) is 3.25. The van der Waals surface area contributed by atoms with Gasteiger partial charge in [-0.3, -0.25) is 0 Å². The molecule has 1 N–H and O–H groups in total. The highest BCUT2D eigenvalue weighted by molar-refractivity contribution is 6.30. The van der Waals surface area contributed by atoms with Crippen LogP contribution < -0.4 is 10.1 Å². The van der Waals surface area contributed by atoms with E-state index in [0.717, 1.165) is 0 Å². The summed E-state index contributed by atoms with van der Waals surface area (Å²) < 4.78 is 25.1. The molecule has 2 heterocycles. The van der Waals surface area contributed by atoms with Crippen LogP contribution in [0.1, 0.15) is 24.0 Å². The zero-order valence-electron chi connectivity index (χ0n) is 13.9. The summed E-state index contributed by atoms with van der Waals surface area (Å²) in [4.78, 5) is 16.6. The fourth-order valence-electron chi connectivity index (χ4n) is 3.07. The Morgan fingerprint density at radius 1 is 1.32 bits per heavy atom. The Morgan fingerprint density at radius 3 is 2.76 bits per heavy atom. The number of anilines is 1. The van der Waals surface area contributed by atoms with Crippen LogP contribution in [0.4, 0.5) is 10.1 Å². The zero-order valence-corrected chi connectivity index (χ0v) is 14.6. The molecule has 3 rings (SSSR count). The largest absolute Gasteiger partial charge is 0.481 e. The molecule has 130 valence electrons. The number of aromatic nitrogens is 1. The van der Waals surface area contributed by atoms with Crippen molar-refractivity contribution in [3.8, 4) is 5.88 Å². The molecule has 0 radical (unpaired) electrons. The number of fused-ring (bicyclic) bond motifs is 1. The van der Waals surface area contributed by atoms with Crippen molar-refractivity contribution in [1.29, 1.82) is 0 Å². The molecule has 1 aromatic carbocycles. The van der Waals surface area contributed by atoms with Gasteiger partial charge < -0.3 is 14.8 Å². The highest BCUT2D eigenvalue weighted by atomic mass is 35.5. The number of rotatable bonds is 3. The second kappa shape index (κ2) is 6.72.